The molecular weight excluding hydrogens is 261 g/mol. The fourth-order valence-corrected chi connectivity index (χ4v) is 1.64. The number of pyridine rings is 1. The summed E-state index contributed by atoms with van der Waals surface area (Å²) in [5, 5.41) is 8.83. The van der Waals surface area contributed by atoms with E-state index >= 15 is 0 Å². The Kier molecular flexibility index (Phi) is 4.88. The van der Waals surface area contributed by atoms with E-state index in [9.17, 15) is 18.0 Å². The van der Waals surface area contributed by atoms with E-state index in [1.807, 2.05) is 0 Å². The summed E-state index contributed by atoms with van der Waals surface area (Å²) in [4.78, 5) is 16.8. The fourth-order valence-electron chi connectivity index (χ4n) is 1.64. The number of aryl methyl sites for hydroxylation is 1. The first-order valence-electron chi connectivity index (χ1n) is 5.76. The van der Waals surface area contributed by atoms with Gasteiger partial charge in [-0.25, -0.2) is 4.98 Å². The van der Waals surface area contributed by atoms with E-state index in [-0.39, 0.29) is 24.4 Å². The third kappa shape index (κ3) is 3.66. The van der Waals surface area contributed by atoms with Crippen molar-refractivity contribution in [1.82, 2.24) is 9.88 Å². The first-order valence-corrected chi connectivity index (χ1v) is 5.76. The van der Waals surface area contributed by atoms with Crippen molar-refractivity contribution in [3.63, 3.8) is 0 Å². The molecule has 4 nitrogen and oxygen atoms in total. The minimum atomic E-state index is -4.53. The molecule has 0 radical (unpaired) electrons. The molecule has 7 heteroatoms. The van der Waals surface area contributed by atoms with Gasteiger partial charge in [-0.1, -0.05) is 0 Å². The highest BCUT2D eigenvalue weighted by Gasteiger charge is 2.33. The van der Waals surface area contributed by atoms with Crippen LogP contribution in [0.3, 0.4) is 0 Å². The van der Waals surface area contributed by atoms with Crippen molar-refractivity contribution in [2.45, 2.75) is 20.0 Å². The molecule has 0 bridgehead atoms. The zero-order valence-electron chi connectivity index (χ0n) is 10.7. The third-order valence-electron chi connectivity index (χ3n) is 2.65. The number of hydrogen-bond donors (Lipinski definition) is 1. The van der Waals surface area contributed by atoms with Crippen LogP contribution in [0.4, 0.5) is 13.2 Å². The SMILES string of the molecule is CCN(CCO)C(=O)c1ccc(C(F)(F)F)nc1C. The molecule has 19 heavy (non-hydrogen) atoms. The van der Waals surface area contributed by atoms with E-state index in [0.717, 1.165) is 12.1 Å². The average Bonchev–Trinajstić information content (AvgIpc) is 2.34. The number of carbonyl (C=O) groups excluding carboxylic acids is 1. The minimum absolute atomic E-state index is 0.0243. The van der Waals surface area contributed by atoms with E-state index < -0.39 is 17.8 Å². The molecule has 1 N–H and O–H groups in total. The molecule has 0 aliphatic carbocycles. The molecule has 0 aliphatic rings. The second-order valence-electron chi connectivity index (χ2n) is 3.94. The Morgan fingerprint density at radius 1 is 1.42 bits per heavy atom. The number of rotatable bonds is 4. The van der Waals surface area contributed by atoms with Gasteiger partial charge in [-0.3, -0.25) is 4.79 Å². The topological polar surface area (TPSA) is 53.4 Å². The van der Waals surface area contributed by atoms with Gasteiger partial charge in [0.25, 0.3) is 5.91 Å². The lowest BCUT2D eigenvalue weighted by Crippen LogP contribution is -2.34. The summed E-state index contributed by atoms with van der Waals surface area (Å²) in [5.74, 6) is -0.435. The van der Waals surface area contributed by atoms with Crippen LogP contribution in [0.2, 0.25) is 0 Å². The zero-order chi connectivity index (χ0) is 14.6. The number of nitrogens with zero attached hydrogens (tertiary/aromatic N) is 2. The van der Waals surface area contributed by atoms with Crippen LogP contribution < -0.4 is 0 Å². The standard InChI is InChI=1S/C12H15F3N2O2/c1-3-17(6-7-18)11(19)9-4-5-10(12(13,14)15)16-8(9)2/h4-5,18H,3,6-7H2,1-2H3. The van der Waals surface area contributed by atoms with Crippen LogP contribution >= 0.6 is 0 Å². The van der Waals surface area contributed by atoms with Crippen LogP contribution in [0.25, 0.3) is 0 Å². The summed E-state index contributed by atoms with van der Waals surface area (Å²) in [6.07, 6.45) is -4.53. The summed E-state index contributed by atoms with van der Waals surface area (Å²) in [6.45, 7) is 3.37. The Bertz CT molecular complexity index is 461. The number of aromatic nitrogens is 1. The number of likely N-dealkylation sites (N-methyl/N-ethyl adjacent to an activating group) is 1. The summed E-state index contributed by atoms with van der Waals surface area (Å²) >= 11 is 0. The van der Waals surface area contributed by atoms with Gasteiger partial charge in [0.2, 0.25) is 0 Å². The van der Waals surface area contributed by atoms with E-state index in [1.165, 1.54) is 11.8 Å². The molecule has 1 rings (SSSR count). The third-order valence-corrected chi connectivity index (χ3v) is 2.65. The van der Waals surface area contributed by atoms with E-state index in [4.69, 9.17) is 5.11 Å². The zero-order valence-corrected chi connectivity index (χ0v) is 10.7. The molecule has 0 aromatic carbocycles. The molecule has 0 aliphatic heterocycles. The lowest BCUT2D eigenvalue weighted by molar-refractivity contribution is -0.141. The Balaban J connectivity index is 3.05. The highest BCUT2D eigenvalue weighted by atomic mass is 19.4. The maximum Gasteiger partial charge on any atom is 0.433 e. The van der Waals surface area contributed by atoms with Crippen LogP contribution in [-0.4, -0.2) is 40.6 Å². The monoisotopic (exact) mass is 276 g/mol. The maximum absolute atomic E-state index is 12.5. The van der Waals surface area contributed by atoms with Gasteiger partial charge in [0.05, 0.1) is 17.9 Å². The van der Waals surface area contributed by atoms with Gasteiger partial charge in [-0.05, 0) is 26.0 Å². The van der Waals surface area contributed by atoms with Crippen LogP contribution in [0.15, 0.2) is 12.1 Å². The molecule has 0 saturated carbocycles. The van der Waals surface area contributed by atoms with Crippen LogP contribution in [0.1, 0.15) is 28.7 Å². The van der Waals surface area contributed by atoms with E-state index in [0.29, 0.717) is 6.54 Å². The number of aliphatic hydroxyl groups is 1. The second kappa shape index (κ2) is 6.01. The van der Waals surface area contributed by atoms with Gasteiger partial charge in [-0.2, -0.15) is 13.2 Å². The van der Waals surface area contributed by atoms with Crippen LogP contribution in [0.5, 0.6) is 0 Å². The molecule has 0 spiro atoms. The first-order chi connectivity index (χ1) is 8.81. The van der Waals surface area contributed by atoms with Crippen molar-refractivity contribution < 1.29 is 23.1 Å². The van der Waals surface area contributed by atoms with Crippen molar-refractivity contribution in [2.75, 3.05) is 19.7 Å². The van der Waals surface area contributed by atoms with Gasteiger partial charge in [0, 0.05) is 13.1 Å². The maximum atomic E-state index is 12.5. The summed E-state index contributed by atoms with van der Waals surface area (Å²) in [6, 6.07) is 1.90. The first kappa shape index (κ1) is 15.4. The molecule has 1 aromatic rings. The number of aliphatic hydroxyl groups excluding tert-OH is 1. The smallest absolute Gasteiger partial charge is 0.395 e. The molecule has 106 valence electrons. The number of halogens is 3. The summed E-state index contributed by atoms with van der Waals surface area (Å²) < 4.78 is 37.4. The Hall–Kier alpha value is -1.63. The summed E-state index contributed by atoms with van der Waals surface area (Å²) in [7, 11) is 0. The Morgan fingerprint density at radius 2 is 2.05 bits per heavy atom. The molecule has 1 amide bonds. The molecule has 1 heterocycles. The molecule has 0 saturated heterocycles. The predicted molar refractivity (Wildman–Crippen MR) is 62.6 cm³/mol. The van der Waals surface area contributed by atoms with Crippen molar-refractivity contribution >= 4 is 5.91 Å². The van der Waals surface area contributed by atoms with E-state index in [2.05, 4.69) is 4.98 Å². The molecule has 0 fully saturated rings. The predicted octanol–water partition coefficient (Wildman–Crippen LogP) is 1.86. The second-order valence-corrected chi connectivity index (χ2v) is 3.94. The molecular formula is C12H15F3N2O2. The molecule has 0 atom stereocenters. The van der Waals surface area contributed by atoms with Crippen molar-refractivity contribution in [2.24, 2.45) is 0 Å². The highest BCUT2D eigenvalue weighted by Crippen LogP contribution is 2.28. The molecule has 0 unspecified atom stereocenters. The minimum Gasteiger partial charge on any atom is -0.395 e. The summed E-state index contributed by atoms with van der Waals surface area (Å²) in [5.41, 5.74) is -0.883. The lowest BCUT2D eigenvalue weighted by Gasteiger charge is -2.20. The van der Waals surface area contributed by atoms with Gasteiger partial charge in [0.15, 0.2) is 0 Å². The Morgan fingerprint density at radius 3 is 2.47 bits per heavy atom. The number of hydrogen-bond acceptors (Lipinski definition) is 3. The van der Waals surface area contributed by atoms with Gasteiger partial charge >= 0.3 is 6.18 Å². The van der Waals surface area contributed by atoms with Crippen molar-refractivity contribution in [1.29, 1.82) is 0 Å². The van der Waals surface area contributed by atoms with Crippen molar-refractivity contribution in [3.8, 4) is 0 Å². The number of amides is 1. The average molecular weight is 276 g/mol. The largest absolute Gasteiger partial charge is 0.433 e. The van der Waals surface area contributed by atoms with Crippen LogP contribution in [0, 0.1) is 6.92 Å². The quantitative estimate of drug-likeness (QED) is 0.913. The highest BCUT2D eigenvalue weighted by molar-refractivity contribution is 5.95. The number of alkyl halides is 3. The van der Waals surface area contributed by atoms with Gasteiger partial charge in [-0.15, -0.1) is 0 Å². The van der Waals surface area contributed by atoms with E-state index in [1.54, 1.807) is 6.92 Å². The van der Waals surface area contributed by atoms with Gasteiger partial charge < -0.3 is 10.0 Å². The fraction of sp³-hybridized carbons (Fsp3) is 0.500. The molecule has 1 aromatic heterocycles. The van der Waals surface area contributed by atoms with Crippen molar-refractivity contribution in [3.05, 3.63) is 29.1 Å². The normalized spacial score (nSPS) is 11.5. The Labute approximate surface area is 108 Å². The lowest BCUT2D eigenvalue weighted by atomic mass is 10.1. The van der Waals surface area contributed by atoms with Crippen LogP contribution in [-0.2, 0) is 6.18 Å². The van der Waals surface area contributed by atoms with Gasteiger partial charge in [0.1, 0.15) is 5.69 Å². The number of carbonyl (C=O) groups is 1.